The monoisotopic (exact) mass is 516 g/mol. The van der Waals surface area contributed by atoms with Crippen molar-refractivity contribution >= 4 is 50.8 Å². The zero-order valence-corrected chi connectivity index (χ0v) is 19.7. The Morgan fingerprint density at radius 3 is 2.42 bits per heavy atom. The van der Waals surface area contributed by atoms with Crippen molar-refractivity contribution in [3.8, 4) is 0 Å². The van der Waals surface area contributed by atoms with Crippen LogP contribution >= 0.6 is 39.1 Å². The molecule has 0 radical (unpaired) electrons. The Morgan fingerprint density at radius 2 is 1.77 bits per heavy atom. The van der Waals surface area contributed by atoms with Crippen LogP contribution in [0, 0.1) is 0 Å². The van der Waals surface area contributed by atoms with Gasteiger partial charge in [-0.15, -0.1) is 0 Å². The Morgan fingerprint density at radius 1 is 1.06 bits per heavy atom. The summed E-state index contributed by atoms with van der Waals surface area (Å²) in [5.41, 5.74) is 3.41. The molecule has 1 aliphatic heterocycles. The fraction of sp³-hybridized carbons (Fsp3) is 0.167. The number of methoxy groups -OCH3 is 1. The SMILES string of the molecule is CO[C@@H](C(=O)N1N=C(c2ccc(Br)cc2)C[C@@H]1c1ccc(Cl)c(Cl)c1)c1ccccc1. The molecule has 3 aromatic carbocycles. The number of hydrazone groups is 1. The van der Waals surface area contributed by atoms with Gasteiger partial charge in [0.15, 0.2) is 6.10 Å². The Balaban J connectivity index is 1.74. The van der Waals surface area contributed by atoms with Gasteiger partial charge in [0, 0.05) is 18.0 Å². The van der Waals surface area contributed by atoms with Crippen LogP contribution in [-0.4, -0.2) is 23.7 Å². The van der Waals surface area contributed by atoms with Gasteiger partial charge in [0.1, 0.15) is 0 Å². The lowest BCUT2D eigenvalue weighted by Crippen LogP contribution is -2.32. The second-order valence-electron chi connectivity index (χ2n) is 7.16. The summed E-state index contributed by atoms with van der Waals surface area (Å²) in [5, 5.41) is 7.14. The lowest BCUT2D eigenvalue weighted by molar-refractivity contribution is -0.144. The van der Waals surface area contributed by atoms with Crippen molar-refractivity contribution in [2.75, 3.05) is 7.11 Å². The Labute approximate surface area is 199 Å². The molecule has 0 aromatic heterocycles. The Bertz CT molecular complexity index is 1120. The molecule has 4 rings (SSSR count). The van der Waals surface area contributed by atoms with Crippen LogP contribution < -0.4 is 0 Å². The molecule has 0 aliphatic carbocycles. The van der Waals surface area contributed by atoms with Crippen LogP contribution in [0.2, 0.25) is 10.0 Å². The van der Waals surface area contributed by atoms with Gasteiger partial charge in [-0.1, -0.05) is 87.7 Å². The van der Waals surface area contributed by atoms with Crippen molar-refractivity contribution < 1.29 is 9.53 Å². The third-order valence-electron chi connectivity index (χ3n) is 5.20. The molecular weight excluding hydrogens is 499 g/mol. The maximum Gasteiger partial charge on any atom is 0.276 e. The van der Waals surface area contributed by atoms with Crippen molar-refractivity contribution in [1.82, 2.24) is 5.01 Å². The Hall–Kier alpha value is -2.18. The van der Waals surface area contributed by atoms with E-state index in [0.717, 1.165) is 26.9 Å². The predicted octanol–water partition coefficient (Wildman–Crippen LogP) is 6.82. The molecule has 0 spiro atoms. The number of hydrogen-bond donors (Lipinski definition) is 0. The smallest absolute Gasteiger partial charge is 0.276 e. The summed E-state index contributed by atoms with van der Waals surface area (Å²) in [6.45, 7) is 0. The summed E-state index contributed by atoms with van der Waals surface area (Å²) in [4.78, 5) is 13.6. The van der Waals surface area contributed by atoms with Gasteiger partial charge in [-0.3, -0.25) is 4.79 Å². The average Bonchev–Trinajstić information content (AvgIpc) is 3.23. The second-order valence-corrected chi connectivity index (χ2v) is 8.89. The molecule has 2 atom stereocenters. The van der Waals surface area contributed by atoms with Crippen LogP contribution in [0.1, 0.15) is 35.3 Å². The van der Waals surface area contributed by atoms with Gasteiger partial charge in [-0.05, 0) is 41.0 Å². The fourth-order valence-corrected chi connectivity index (χ4v) is 4.21. The summed E-state index contributed by atoms with van der Waals surface area (Å²) in [6.07, 6.45) is -0.212. The first-order valence-corrected chi connectivity index (χ1v) is 11.2. The zero-order chi connectivity index (χ0) is 22.0. The first kappa shape index (κ1) is 22.0. The normalized spacial score (nSPS) is 16.8. The maximum absolute atomic E-state index is 13.6. The van der Waals surface area contributed by atoms with Gasteiger partial charge in [0.05, 0.1) is 21.8 Å². The quantitative estimate of drug-likeness (QED) is 0.372. The van der Waals surface area contributed by atoms with E-state index in [0.29, 0.717) is 16.5 Å². The lowest BCUT2D eigenvalue weighted by Gasteiger charge is -2.26. The van der Waals surface area contributed by atoms with Crippen LogP contribution in [0.25, 0.3) is 0 Å². The van der Waals surface area contributed by atoms with E-state index in [1.54, 1.807) is 12.1 Å². The van der Waals surface area contributed by atoms with Crippen LogP contribution in [0.3, 0.4) is 0 Å². The molecule has 1 amide bonds. The van der Waals surface area contributed by atoms with Crippen molar-refractivity contribution in [2.24, 2.45) is 5.10 Å². The number of halogens is 3. The summed E-state index contributed by atoms with van der Waals surface area (Å²) < 4.78 is 6.56. The van der Waals surface area contributed by atoms with Gasteiger partial charge in [-0.2, -0.15) is 5.10 Å². The highest BCUT2D eigenvalue weighted by Crippen LogP contribution is 2.37. The van der Waals surface area contributed by atoms with Crippen LogP contribution in [0.5, 0.6) is 0 Å². The third kappa shape index (κ3) is 4.70. The van der Waals surface area contributed by atoms with Crippen molar-refractivity contribution in [1.29, 1.82) is 0 Å². The van der Waals surface area contributed by atoms with Gasteiger partial charge in [0.25, 0.3) is 5.91 Å². The van der Waals surface area contributed by atoms with E-state index in [2.05, 4.69) is 15.9 Å². The number of ether oxygens (including phenoxy) is 1. The molecule has 31 heavy (non-hydrogen) atoms. The minimum Gasteiger partial charge on any atom is -0.367 e. The van der Waals surface area contributed by atoms with E-state index in [9.17, 15) is 4.79 Å². The molecule has 1 heterocycles. The number of nitrogens with zero attached hydrogens (tertiary/aromatic N) is 2. The molecule has 0 bridgehead atoms. The van der Waals surface area contributed by atoms with E-state index in [1.807, 2.05) is 60.7 Å². The summed E-state index contributed by atoms with van der Waals surface area (Å²) in [7, 11) is 1.53. The highest BCUT2D eigenvalue weighted by molar-refractivity contribution is 9.10. The Kier molecular flexibility index (Phi) is 6.77. The summed E-state index contributed by atoms with van der Waals surface area (Å²) in [5.74, 6) is -0.239. The van der Waals surface area contributed by atoms with Crippen molar-refractivity contribution in [2.45, 2.75) is 18.6 Å². The fourth-order valence-electron chi connectivity index (χ4n) is 3.64. The molecule has 0 saturated carbocycles. The number of carbonyl (C=O) groups is 1. The minimum absolute atomic E-state index is 0.239. The van der Waals surface area contributed by atoms with E-state index in [1.165, 1.54) is 12.1 Å². The van der Waals surface area contributed by atoms with Crippen LogP contribution in [-0.2, 0) is 9.53 Å². The topological polar surface area (TPSA) is 41.9 Å². The molecule has 0 N–H and O–H groups in total. The van der Waals surface area contributed by atoms with E-state index >= 15 is 0 Å². The van der Waals surface area contributed by atoms with Crippen LogP contribution in [0.15, 0.2) is 82.4 Å². The highest BCUT2D eigenvalue weighted by atomic mass is 79.9. The minimum atomic E-state index is -0.764. The average molecular weight is 518 g/mol. The summed E-state index contributed by atoms with van der Waals surface area (Å²) in [6, 6.07) is 22.4. The van der Waals surface area contributed by atoms with Gasteiger partial charge < -0.3 is 4.74 Å². The molecule has 0 unspecified atom stereocenters. The molecule has 3 aromatic rings. The van der Waals surface area contributed by atoms with Gasteiger partial charge in [-0.25, -0.2) is 5.01 Å². The zero-order valence-electron chi connectivity index (χ0n) is 16.6. The molecule has 4 nitrogen and oxygen atoms in total. The highest BCUT2D eigenvalue weighted by Gasteiger charge is 2.37. The molecular formula is C24H19BrCl2N2O2. The predicted molar refractivity (Wildman–Crippen MR) is 128 cm³/mol. The standard InChI is InChI=1S/C24H19BrCl2N2O2/c1-31-23(16-5-3-2-4-6-16)24(30)29-22(17-9-12-19(26)20(27)13-17)14-21(28-29)15-7-10-18(25)11-8-15/h2-13,22-23H,14H2,1H3/t22-,23-/m1/s1. The number of hydrogen-bond acceptors (Lipinski definition) is 3. The molecule has 0 saturated heterocycles. The molecule has 7 heteroatoms. The van der Waals surface area contributed by atoms with Gasteiger partial charge >= 0.3 is 0 Å². The van der Waals surface area contributed by atoms with E-state index < -0.39 is 6.10 Å². The summed E-state index contributed by atoms with van der Waals surface area (Å²) >= 11 is 15.8. The van der Waals surface area contributed by atoms with Crippen LogP contribution in [0.4, 0.5) is 0 Å². The number of rotatable bonds is 5. The third-order valence-corrected chi connectivity index (χ3v) is 6.47. The first-order chi connectivity index (χ1) is 15.0. The maximum atomic E-state index is 13.6. The van der Waals surface area contributed by atoms with Gasteiger partial charge in [0.2, 0.25) is 0 Å². The van der Waals surface area contributed by atoms with Crippen molar-refractivity contribution in [3.05, 3.63) is 104 Å². The first-order valence-electron chi connectivity index (χ1n) is 9.67. The van der Waals surface area contributed by atoms with E-state index in [4.69, 9.17) is 33.0 Å². The molecule has 0 fully saturated rings. The van der Waals surface area contributed by atoms with E-state index in [-0.39, 0.29) is 11.9 Å². The largest absolute Gasteiger partial charge is 0.367 e. The number of benzene rings is 3. The second kappa shape index (κ2) is 9.53. The molecule has 158 valence electrons. The molecule has 1 aliphatic rings. The van der Waals surface area contributed by atoms with Crippen molar-refractivity contribution in [3.63, 3.8) is 0 Å². The number of amides is 1. The number of carbonyl (C=O) groups excluding carboxylic acids is 1. The lowest BCUT2D eigenvalue weighted by atomic mass is 9.98.